The van der Waals surface area contributed by atoms with Crippen molar-refractivity contribution in [3.63, 3.8) is 0 Å². The molecular formula is C35H46N4O6S. The maximum absolute atomic E-state index is 13.4. The number of hydrogen-bond acceptors (Lipinski definition) is 7. The number of amidine groups is 1. The lowest BCUT2D eigenvalue weighted by molar-refractivity contribution is -0.124. The number of nitrogens with one attached hydrogen (secondary N) is 1. The SMILES string of the molecule is CCCCc1ccc2cc1OCCC/C=C/OCCN(C)C(=O)c1ccc(c(C)c1)CCS(=O)(=O)N1CCC3(CC1)N=C2NC3=O. The number of fused-ring (bicyclic) bond motifs is 2. The molecule has 0 aliphatic carbocycles. The molecule has 5 aliphatic heterocycles. The highest BCUT2D eigenvalue weighted by Gasteiger charge is 2.47. The summed E-state index contributed by atoms with van der Waals surface area (Å²) in [5.41, 5.74) is 3.24. The van der Waals surface area contributed by atoms with Crippen LogP contribution >= 0.6 is 0 Å². The molecule has 5 heterocycles. The molecule has 11 heteroatoms. The van der Waals surface area contributed by atoms with Crippen molar-refractivity contribution < 1.29 is 27.5 Å². The van der Waals surface area contributed by atoms with Crippen molar-refractivity contribution in [3.8, 4) is 5.75 Å². The van der Waals surface area contributed by atoms with Crippen LogP contribution in [0, 0.1) is 6.92 Å². The van der Waals surface area contributed by atoms with E-state index < -0.39 is 15.6 Å². The van der Waals surface area contributed by atoms with E-state index in [0.29, 0.717) is 50.4 Å². The van der Waals surface area contributed by atoms with E-state index in [-0.39, 0.29) is 30.7 Å². The zero-order valence-electron chi connectivity index (χ0n) is 27.2. The van der Waals surface area contributed by atoms with E-state index in [4.69, 9.17) is 14.5 Å². The van der Waals surface area contributed by atoms with Crippen molar-refractivity contribution in [2.75, 3.05) is 45.6 Å². The second-order valence-electron chi connectivity index (χ2n) is 12.4. The van der Waals surface area contributed by atoms with Gasteiger partial charge in [-0.05, 0) is 92.8 Å². The van der Waals surface area contributed by atoms with Gasteiger partial charge in [0.1, 0.15) is 23.7 Å². The Morgan fingerprint density at radius 3 is 2.57 bits per heavy atom. The summed E-state index contributed by atoms with van der Waals surface area (Å²) in [6.07, 6.45) is 9.19. The van der Waals surface area contributed by atoms with Gasteiger partial charge >= 0.3 is 0 Å². The molecule has 1 fully saturated rings. The summed E-state index contributed by atoms with van der Waals surface area (Å²) in [4.78, 5) is 32.8. The number of rotatable bonds is 3. The van der Waals surface area contributed by atoms with E-state index in [0.717, 1.165) is 60.1 Å². The summed E-state index contributed by atoms with van der Waals surface area (Å²) in [7, 11) is -1.82. The van der Waals surface area contributed by atoms with Gasteiger partial charge in [-0.25, -0.2) is 12.7 Å². The van der Waals surface area contributed by atoms with Crippen molar-refractivity contribution in [1.29, 1.82) is 0 Å². The van der Waals surface area contributed by atoms with E-state index in [1.807, 2.05) is 37.3 Å². The van der Waals surface area contributed by atoms with Gasteiger partial charge in [-0.2, -0.15) is 0 Å². The highest BCUT2D eigenvalue weighted by Crippen LogP contribution is 2.33. The molecule has 46 heavy (non-hydrogen) atoms. The van der Waals surface area contributed by atoms with Gasteiger partial charge in [-0.1, -0.05) is 31.5 Å². The summed E-state index contributed by atoms with van der Waals surface area (Å²) in [5.74, 6) is 0.950. The number of hydrogen-bond donors (Lipinski definition) is 1. The fraction of sp³-hybridized carbons (Fsp3) is 0.514. The lowest BCUT2D eigenvalue weighted by Gasteiger charge is -2.34. The Balaban J connectivity index is 1.37. The molecule has 7 rings (SSSR count). The van der Waals surface area contributed by atoms with Crippen molar-refractivity contribution in [2.45, 2.75) is 70.8 Å². The third-order valence-corrected chi connectivity index (χ3v) is 11.0. The van der Waals surface area contributed by atoms with Gasteiger partial charge in [-0.15, -0.1) is 0 Å². The lowest BCUT2D eigenvalue weighted by atomic mass is 9.89. The maximum Gasteiger partial charge on any atom is 0.253 e. The third-order valence-electron chi connectivity index (χ3n) is 9.14. The normalized spacial score (nSPS) is 24.8. The number of nitrogens with zero attached hydrogens (tertiary/aromatic N) is 3. The molecule has 0 aromatic heterocycles. The number of sulfonamides is 1. The van der Waals surface area contributed by atoms with Crippen LogP contribution in [0.4, 0.5) is 0 Å². The molecular weight excluding hydrogens is 604 g/mol. The van der Waals surface area contributed by atoms with Crippen LogP contribution in [-0.4, -0.2) is 86.5 Å². The monoisotopic (exact) mass is 650 g/mol. The lowest BCUT2D eigenvalue weighted by Crippen LogP contribution is -2.50. The Labute approximate surface area is 272 Å². The number of carbonyl (C=O) groups is 2. The first-order valence-electron chi connectivity index (χ1n) is 16.4. The van der Waals surface area contributed by atoms with Gasteiger partial charge in [0.15, 0.2) is 0 Å². The van der Waals surface area contributed by atoms with Crippen LogP contribution in [0.1, 0.15) is 78.1 Å². The summed E-state index contributed by atoms with van der Waals surface area (Å²) in [6.45, 7) is 5.85. The van der Waals surface area contributed by atoms with Crippen LogP contribution < -0.4 is 10.1 Å². The smallest absolute Gasteiger partial charge is 0.253 e. The number of ether oxygens (including phenoxy) is 2. The minimum Gasteiger partial charge on any atom is -0.500 e. The van der Waals surface area contributed by atoms with Gasteiger partial charge in [0, 0.05) is 31.3 Å². The summed E-state index contributed by atoms with van der Waals surface area (Å²) in [5, 5.41) is 2.98. The molecule has 1 saturated heterocycles. The van der Waals surface area contributed by atoms with E-state index >= 15 is 0 Å². The molecule has 248 valence electrons. The van der Waals surface area contributed by atoms with Crippen molar-refractivity contribution >= 4 is 27.7 Å². The van der Waals surface area contributed by atoms with Crippen LogP contribution in [-0.2, 0) is 32.4 Å². The van der Waals surface area contributed by atoms with Gasteiger partial charge in [-0.3, -0.25) is 14.6 Å². The summed E-state index contributed by atoms with van der Waals surface area (Å²) >= 11 is 0. The first kappa shape index (κ1) is 33.7. The summed E-state index contributed by atoms with van der Waals surface area (Å²) in [6, 6.07) is 11.4. The number of carbonyl (C=O) groups excluding carboxylic acids is 2. The number of amides is 2. The Bertz CT molecular complexity index is 1590. The minimum atomic E-state index is -3.56. The van der Waals surface area contributed by atoms with Crippen molar-refractivity contribution in [3.05, 3.63) is 76.6 Å². The Hall–Kier alpha value is -3.70. The molecule has 0 saturated carbocycles. The van der Waals surface area contributed by atoms with Gasteiger partial charge < -0.3 is 19.7 Å². The average Bonchev–Trinajstić information content (AvgIpc) is 3.36. The molecule has 0 unspecified atom stereocenters. The molecule has 5 aliphatic rings. The topological polar surface area (TPSA) is 118 Å². The number of unbranched alkanes of at least 4 members (excludes halogenated alkanes) is 1. The highest BCUT2D eigenvalue weighted by molar-refractivity contribution is 7.89. The third kappa shape index (κ3) is 7.81. The molecule has 10 nitrogen and oxygen atoms in total. The van der Waals surface area contributed by atoms with Crippen molar-refractivity contribution in [1.82, 2.24) is 14.5 Å². The zero-order chi connectivity index (χ0) is 32.7. The summed E-state index contributed by atoms with van der Waals surface area (Å²) < 4.78 is 40.1. The Morgan fingerprint density at radius 2 is 1.80 bits per heavy atom. The second-order valence-corrected chi connectivity index (χ2v) is 14.5. The molecule has 1 spiro atoms. The van der Waals surface area contributed by atoms with Gasteiger partial charge in [0.05, 0.1) is 25.2 Å². The van der Waals surface area contributed by atoms with E-state index in [1.54, 1.807) is 24.3 Å². The average molecular weight is 651 g/mol. The largest absolute Gasteiger partial charge is 0.500 e. The predicted molar refractivity (Wildman–Crippen MR) is 179 cm³/mol. The minimum absolute atomic E-state index is 0.0488. The quantitative estimate of drug-likeness (QED) is 0.527. The molecule has 0 radical (unpaired) electrons. The fourth-order valence-corrected chi connectivity index (χ4v) is 7.59. The van der Waals surface area contributed by atoms with Gasteiger partial charge in [0.2, 0.25) is 10.0 Å². The standard InChI is InChI=1S/C35H46N4O6S/c1-4-5-9-28-11-12-29-25-31(28)45-21-8-6-7-20-44-22-19-38(3)33(40)30-13-10-27(26(2)24-30)14-23-46(42,43)39-17-15-35(16-18-39)34(41)36-32(29)37-35/h7,10-13,20,24-25H,4-6,8-9,14-19,21-23H2,1-3H3,(H,36,37,41)/b20-7+. The number of likely N-dealkylation sites (N-methyl/N-ethyl adjacent to an activating group) is 1. The van der Waals surface area contributed by atoms with Crippen LogP contribution in [0.15, 0.2) is 53.7 Å². The van der Waals surface area contributed by atoms with E-state index in [1.165, 1.54) is 4.31 Å². The van der Waals surface area contributed by atoms with Crippen LogP contribution in [0.2, 0.25) is 0 Å². The van der Waals surface area contributed by atoms with Crippen LogP contribution in [0.3, 0.4) is 0 Å². The molecule has 7 bridgehead atoms. The molecule has 0 atom stereocenters. The number of piperidine rings is 1. The molecule has 1 N–H and O–H groups in total. The number of aliphatic imine (C=N–C) groups is 1. The zero-order valence-corrected chi connectivity index (χ0v) is 28.0. The van der Waals surface area contributed by atoms with Crippen LogP contribution in [0.5, 0.6) is 5.75 Å². The Morgan fingerprint density at radius 1 is 1.02 bits per heavy atom. The van der Waals surface area contributed by atoms with Gasteiger partial charge in [0.25, 0.3) is 11.8 Å². The van der Waals surface area contributed by atoms with Crippen LogP contribution in [0.25, 0.3) is 0 Å². The Kier molecular flexibility index (Phi) is 10.8. The van der Waals surface area contributed by atoms with Crippen molar-refractivity contribution in [2.24, 2.45) is 4.99 Å². The highest BCUT2D eigenvalue weighted by atomic mass is 32.2. The predicted octanol–water partition coefficient (Wildman–Crippen LogP) is 4.40. The first-order valence-corrected chi connectivity index (χ1v) is 18.0. The second kappa shape index (κ2) is 14.8. The molecule has 2 aromatic carbocycles. The molecule has 2 aromatic rings. The molecule has 2 amide bonds. The maximum atomic E-state index is 13.4. The number of aryl methyl sites for hydroxylation is 3. The number of allylic oxidation sites excluding steroid dienone is 1. The van der Waals surface area contributed by atoms with E-state index in [2.05, 4.69) is 18.3 Å². The number of benzene rings is 2. The first-order chi connectivity index (χ1) is 22.1. The fourth-order valence-electron chi connectivity index (χ4n) is 6.11. The van der Waals surface area contributed by atoms with E-state index in [9.17, 15) is 18.0 Å².